The summed E-state index contributed by atoms with van der Waals surface area (Å²) in [5.74, 6) is 0. The van der Waals surface area contributed by atoms with E-state index in [0.717, 1.165) is 22.5 Å². The second-order valence-corrected chi connectivity index (χ2v) is 5.04. The molecular formula is C17H15N5. The zero-order valence-corrected chi connectivity index (χ0v) is 12.2. The minimum atomic E-state index is 0.284. The molecule has 22 heavy (non-hydrogen) atoms. The molecule has 0 aliphatic heterocycles. The van der Waals surface area contributed by atoms with Crippen molar-refractivity contribution in [3.8, 4) is 16.9 Å². The number of hydrogen-bond donors (Lipinski definition) is 0. The van der Waals surface area contributed by atoms with Gasteiger partial charge in [-0.15, -0.1) is 0 Å². The topological polar surface area (TPSA) is 66.6 Å². The molecule has 5 heteroatoms. The summed E-state index contributed by atoms with van der Waals surface area (Å²) < 4.78 is 1.82. The molecule has 108 valence electrons. The van der Waals surface area contributed by atoms with Gasteiger partial charge in [0.05, 0.1) is 17.9 Å². The quantitative estimate of drug-likeness (QED) is 0.391. The summed E-state index contributed by atoms with van der Waals surface area (Å²) in [5.41, 5.74) is 13.5. The van der Waals surface area contributed by atoms with Gasteiger partial charge in [0.15, 0.2) is 0 Å². The molecular weight excluding hydrogens is 274 g/mol. The predicted octanol–water partition coefficient (Wildman–Crippen LogP) is 4.66. The van der Waals surface area contributed by atoms with E-state index in [1.807, 2.05) is 65.5 Å². The first-order valence-electron chi connectivity index (χ1n) is 7.00. The van der Waals surface area contributed by atoms with Gasteiger partial charge in [-0.3, -0.25) is 0 Å². The largest absolute Gasteiger partial charge is 0.240 e. The van der Waals surface area contributed by atoms with Crippen molar-refractivity contribution in [3.63, 3.8) is 0 Å². The molecule has 0 unspecified atom stereocenters. The smallest absolute Gasteiger partial charge is 0.0960 e. The van der Waals surface area contributed by atoms with Crippen molar-refractivity contribution in [1.82, 2.24) is 9.78 Å². The van der Waals surface area contributed by atoms with Crippen LogP contribution in [0.4, 0.5) is 0 Å². The van der Waals surface area contributed by atoms with E-state index in [0.29, 0.717) is 0 Å². The summed E-state index contributed by atoms with van der Waals surface area (Å²) in [4.78, 5) is 2.85. The lowest BCUT2D eigenvalue weighted by Crippen LogP contribution is -1.94. The monoisotopic (exact) mass is 289 g/mol. The summed E-state index contributed by atoms with van der Waals surface area (Å²) in [6.07, 6.45) is 1.92. The Labute approximate surface area is 128 Å². The van der Waals surface area contributed by atoms with Crippen LogP contribution in [0.3, 0.4) is 0 Å². The Morgan fingerprint density at radius 1 is 1.09 bits per heavy atom. The standard InChI is InChI=1S/C17H15N5/c1-13-7-9-16(10-8-13)22-12-15(11-19-21-18)17(20-22)14-5-3-2-4-6-14/h2-10,12H,11H2,1H3. The zero-order chi connectivity index (χ0) is 15.4. The van der Waals surface area contributed by atoms with Crippen LogP contribution >= 0.6 is 0 Å². The molecule has 1 heterocycles. The Morgan fingerprint density at radius 2 is 1.82 bits per heavy atom. The summed E-state index contributed by atoms with van der Waals surface area (Å²) in [5, 5.41) is 8.34. The van der Waals surface area contributed by atoms with Crippen LogP contribution in [-0.4, -0.2) is 9.78 Å². The molecule has 0 aliphatic carbocycles. The maximum atomic E-state index is 8.57. The van der Waals surface area contributed by atoms with E-state index in [1.165, 1.54) is 5.56 Å². The molecule has 0 bridgehead atoms. The van der Waals surface area contributed by atoms with E-state index in [2.05, 4.69) is 22.0 Å². The number of nitrogens with zero attached hydrogens (tertiary/aromatic N) is 5. The number of hydrogen-bond acceptors (Lipinski definition) is 2. The lowest BCUT2D eigenvalue weighted by molar-refractivity contribution is 0.882. The average Bonchev–Trinajstić information content (AvgIpc) is 2.98. The van der Waals surface area contributed by atoms with E-state index < -0.39 is 0 Å². The Kier molecular flexibility index (Phi) is 3.90. The van der Waals surface area contributed by atoms with Gasteiger partial charge in [0, 0.05) is 22.2 Å². The first kappa shape index (κ1) is 13.9. The molecule has 0 saturated carbocycles. The van der Waals surface area contributed by atoms with Crippen LogP contribution in [0, 0.1) is 6.92 Å². The van der Waals surface area contributed by atoms with Crippen molar-refractivity contribution < 1.29 is 0 Å². The Bertz CT molecular complexity index is 812. The third-order valence-electron chi connectivity index (χ3n) is 3.44. The molecule has 0 N–H and O–H groups in total. The van der Waals surface area contributed by atoms with Crippen LogP contribution in [0.2, 0.25) is 0 Å². The maximum Gasteiger partial charge on any atom is 0.0960 e. The van der Waals surface area contributed by atoms with Gasteiger partial charge in [0.25, 0.3) is 0 Å². The van der Waals surface area contributed by atoms with E-state index in [4.69, 9.17) is 5.53 Å². The molecule has 3 aromatic rings. The Morgan fingerprint density at radius 3 is 2.50 bits per heavy atom. The van der Waals surface area contributed by atoms with E-state index in [1.54, 1.807) is 0 Å². The first-order chi connectivity index (χ1) is 10.8. The van der Waals surface area contributed by atoms with E-state index >= 15 is 0 Å². The predicted molar refractivity (Wildman–Crippen MR) is 86.6 cm³/mol. The zero-order valence-electron chi connectivity index (χ0n) is 12.2. The van der Waals surface area contributed by atoms with Crippen LogP contribution in [0.1, 0.15) is 11.1 Å². The van der Waals surface area contributed by atoms with Crippen LogP contribution in [0.15, 0.2) is 65.9 Å². The summed E-state index contributed by atoms with van der Waals surface area (Å²) in [7, 11) is 0. The molecule has 0 atom stereocenters. The molecule has 0 radical (unpaired) electrons. The molecule has 0 aliphatic rings. The Hall–Kier alpha value is -3.04. The number of azide groups is 1. The SMILES string of the molecule is Cc1ccc(-n2cc(CN=[N+]=[N-])c(-c3ccccc3)n2)cc1. The van der Waals surface area contributed by atoms with Crippen LogP contribution < -0.4 is 0 Å². The molecule has 2 aromatic carbocycles. The molecule has 5 nitrogen and oxygen atoms in total. The van der Waals surface area contributed by atoms with Gasteiger partial charge in [-0.25, -0.2) is 4.68 Å². The molecule has 0 spiro atoms. The van der Waals surface area contributed by atoms with Crippen LogP contribution in [0.5, 0.6) is 0 Å². The maximum absolute atomic E-state index is 8.57. The summed E-state index contributed by atoms with van der Waals surface area (Å²) >= 11 is 0. The fourth-order valence-corrected chi connectivity index (χ4v) is 2.30. The normalized spacial score (nSPS) is 10.2. The lowest BCUT2D eigenvalue weighted by atomic mass is 10.1. The third-order valence-corrected chi connectivity index (χ3v) is 3.44. The highest BCUT2D eigenvalue weighted by atomic mass is 15.3. The minimum Gasteiger partial charge on any atom is -0.240 e. The molecule has 3 rings (SSSR count). The van der Waals surface area contributed by atoms with Crippen molar-refractivity contribution in [2.24, 2.45) is 5.11 Å². The highest BCUT2D eigenvalue weighted by molar-refractivity contribution is 5.63. The fraction of sp³-hybridized carbons (Fsp3) is 0.118. The molecule has 0 amide bonds. The molecule has 0 fully saturated rings. The van der Waals surface area contributed by atoms with Gasteiger partial charge in [0.2, 0.25) is 0 Å². The van der Waals surface area contributed by atoms with E-state index in [-0.39, 0.29) is 6.54 Å². The van der Waals surface area contributed by atoms with Crippen molar-refractivity contribution in [2.45, 2.75) is 13.5 Å². The number of aryl methyl sites for hydroxylation is 1. The van der Waals surface area contributed by atoms with Crippen LogP contribution in [-0.2, 0) is 6.54 Å². The first-order valence-corrected chi connectivity index (χ1v) is 7.00. The van der Waals surface area contributed by atoms with Gasteiger partial charge in [-0.2, -0.15) is 5.10 Å². The highest BCUT2D eigenvalue weighted by Gasteiger charge is 2.11. The van der Waals surface area contributed by atoms with Gasteiger partial charge in [-0.1, -0.05) is 53.1 Å². The third kappa shape index (κ3) is 2.85. The van der Waals surface area contributed by atoms with Gasteiger partial charge >= 0.3 is 0 Å². The molecule has 0 saturated heterocycles. The highest BCUT2D eigenvalue weighted by Crippen LogP contribution is 2.24. The second-order valence-electron chi connectivity index (χ2n) is 5.04. The fourth-order valence-electron chi connectivity index (χ4n) is 2.30. The number of benzene rings is 2. The summed E-state index contributed by atoms with van der Waals surface area (Å²) in [6.45, 7) is 2.34. The van der Waals surface area contributed by atoms with Gasteiger partial charge in [-0.05, 0) is 24.6 Å². The lowest BCUT2D eigenvalue weighted by Gasteiger charge is -2.01. The van der Waals surface area contributed by atoms with Crippen LogP contribution in [0.25, 0.3) is 27.4 Å². The van der Waals surface area contributed by atoms with Crippen molar-refractivity contribution in [2.75, 3.05) is 0 Å². The van der Waals surface area contributed by atoms with Gasteiger partial charge < -0.3 is 0 Å². The Balaban J connectivity index is 2.08. The van der Waals surface area contributed by atoms with Gasteiger partial charge in [0.1, 0.15) is 0 Å². The number of rotatable bonds is 4. The average molecular weight is 289 g/mol. The second kappa shape index (κ2) is 6.16. The van der Waals surface area contributed by atoms with Crippen molar-refractivity contribution in [3.05, 3.63) is 82.4 Å². The van der Waals surface area contributed by atoms with Crippen molar-refractivity contribution in [1.29, 1.82) is 0 Å². The van der Waals surface area contributed by atoms with Crippen molar-refractivity contribution >= 4 is 0 Å². The van der Waals surface area contributed by atoms with E-state index in [9.17, 15) is 0 Å². The number of aromatic nitrogens is 2. The minimum absolute atomic E-state index is 0.284. The summed E-state index contributed by atoms with van der Waals surface area (Å²) in [6, 6.07) is 18.0. The molecule has 1 aromatic heterocycles.